The molecule has 0 unspecified atom stereocenters. The van der Waals surface area contributed by atoms with E-state index < -0.39 is 16.5 Å². The molecule has 0 aromatic carbocycles. The van der Waals surface area contributed by atoms with Gasteiger partial charge in [-0.2, -0.15) is 0 Å². The van der Waals surface area contributed by atoms with Gasteiger partial charge in [0.1, 0.15) is 0 Å². The zero-order valence-electron chi connectivity index (χ0n) is 5.98. The fourth-order valence-electron chi connectivity index (χ4n) is 0.496. The molecule has 0 spiro atoms. The predicted molar refractivity (Wildman–Crippen MR) is 44.6 cm³/mol. The van der Waals surface area contributed by atoms with Crippen LogP contribution in [0.5, 0.6) is 0 Å². The second-order valence-electron chi connectivity index (χ2n) is 1.75. The third kappa shape index (κ3) is 23.1. The van der Waals surface area contributed by atoms with Gasteiger partial charge in [0.2, 0.25) is 0 Å². The molecule has 0 fully saturated rings. The van der Waals surface area contributed by atoms with Crippen molar-refractivity contribution in [1.82, 2.24) is 0 Å². The SMILES string of the molecule is CCCCCC=N.[Cl][Pt][Cl]. The van der Waals surface area contributed by atoms with E-state index in [4.69, 9.17) is 24.2 Å². The molecule has 0 aromatic heterocycles. The second-order valence-corrected chi connectivity index (χ2v) is 5.03. The second kappa shape index (κ2) is 16.5. The minimum atomic E-state index is -0.472. The number of hydrogen-bond donors (Lipinski definition) is 1. The molecule has 0 amide bonds. The summed E-state index contributed by atoms with van der Waals surface area (Å²) in [5.41, 5.74) is 0. The van der Waals surface area contributed by atoms with Crippen LogP contribution in [0.25, 0.3) is 0 Å². The monoisotopic (exact) mass is 364 g/mol. The molecule has 0 saturated heterocycles. The quantitative estimate of drug-likeness (QED) is 0.582. The first-order chi connectivity index (χ1) is 4.83. The summed E-state index contributed by atoms with van der Waals surface area (Å²) < 4.78 is 0. The summed E-state index contributed by atoms with van der Waals surface area (Å²) in [5, 5.41) is 6.66. The van der Waals surface area contributed by atoms with Crippen LogP contribution in [-0.2, 0) is 16.5 Å². The Morgan fingerprint density at radius 1 is 1.40 bits per heavy atom. The molecular formula is C6H13Cl2NPt. The fourth-order valence-corrected chi connectivity index (χ4v) is 0.496. The normalized spacial score (nSPS) is 8.30. The van der Waals surface area contributed by atoms with Crippen LogP contribution in [0.4, 0.5) is 0 Å². The van der Waals surface area contributed by atoms with E-state index in [9.17, 15) is 0 Å². The summed E-state index contributed by atoms with van der Waals surface area (Å²) in [4.78, 5) is 0. The molecule has 66 valence electrons. The van der Waals surface area contributed by atoms with E-state index in [0.717, 1.165) is 6.42 Å². The molecule has 0 heterocycles. The van der Waals surface area contributed by atoms with Crippen molar-refractivity contribution in [1.29, 1.82) is 5.41 Å². The van der Waals surface area contributed by atoms with E-state index in [1.54, 1.807) is 0 Å². The topological polar surface area (TPSA) is 23.9 Å². The van der Waals surface area contributed by atoms with Crippen molar-refractivity contribution in [2.24, 2.45) is 0 Å². The Morgan fingerprint density at radius 2 is 1.90 bits per heavy atom. The van der Waals surface area contributed by atoms with Crippen molar-refractivity contribution in [3.63, 3.8) is 0 Å². The fraction of sp³-hybridized carbons (Fsp3) is 0.833. The van der Waals surface area contributed by atoms with Crippen molar-refractivity contribution >= 4 is 25.1 Å². The summed E-state index contributed by atoms with van der Waals surface area (Å²) in [6.45, 7) is 2.17. The summed E-state index contributed by atoms with van der Waals surface area (Å²) in [7, 11) is 9.75. The maximum atomic E-state index is 6.66. The number of hydrogen-bond acceptors (Lipinski definition) is 1. The molecule has 10 heavy (non-hydrogen) atoms. The van der Waals surface area contributed by atoms with Gasteiger partial charge in [-0.25, -0.2) is 0 Å². The van der Waals surface area contributed by atoms with Gasteiger partial charge in [0.25, 0.3) is 0 Å². The zero-order valence-corrected chi connectivity index (χ0v) is 9.76. The number of unbranched alkanes of at least 4 members (excludes halogenated alkanes) is 3. The first-order valence-electron chi connectivity index (χ1n) is 3.14. The third-order valence-corrected chi connectivity index (χ3v) is 0.952. The molecule has 0 bridgehead atoms. The van der Waals surface area contributed by atoms with Crippen LogP contribution in [0.15, 0.2) is 0 Å². The molecule has 1 nitrogen and oxygen atoms in total. The Morgan fingerprint density at radius 3 is 2.20 bits per heavy atom. The van der Waals surface area contributed by atoms with Crippen LogP contribution in [0, 0.1) is 5.41 Å². The molecule has 0 atom stereocenters. The zero-order chi connectivity index (χ0) is 8.24. The molecular weight excluding hydrogens is 352 g/mol. The van der Waals surface area contributed by atoms with Crippen molar-refractivity contribution in [2.45, 2.75) is 32.6 Å². The van der Waals surface area contributed by atoms with E-state index in [0.29, 0.717) is 0 Å². The average molecular weight is 365 g/mol. The van der Waals surface area contributed by atoms with Gasteiger partial charge in [0.15, 0.2) is 0 Å². The Hall–Kier alpha value is 0.938. The number of halogens is 2. The van der Waals surface area contributed by atoms with Crippen LogP contribution >= 0.6 is 18.8 Å². The van der Waals surface area contributed by atoms with Crippen molar-refractivity contribution in [3.8, 4) is 0 Å². The van der Waals surface area contributed by atoms with Crippen LogP contribution in [0.3, 0.4) is 0 Å². The average Bonchev–Trinajstić information content (AvgIpc) is 1.91. The Balaban J connectivity index is 0. The van der Waals surface area contributed by atoms with Gasteiger partial charge in [0, 0.05) is 0 Å². The standard InChI is InChI=1S/C6H13N.2ClH.Pt/c1-2-3-4-5-6-7;;;/h6-7H,2-5H2,1H3;2*1H;/q;;;+2/p-2. The molecule has 4 heteroatoms. The molecule has 0 saturated carbocycles. The Kier molecular flexibility index (Phi) is 22.3. The molecule has 0 aliphatic carbocycles. The summed E-state index contributed by atoms with van der Waals surface area (Å²) >= 11 is -0.472. The van der Waals surface area contributed by atoms with E-state index in [-0.39, 0.29) is 0 Å². The molecule has 1 N–H and O–H groups in total. The number of nitrogens with one attached hydrogen (secondary N) is 1. The van der Waals surface area contributed by atoms with Crippen LogP contribution in [0.2, 0.25) is 0 Å². The first-order valence-corrected chi connectivity index (χ1v) is 8.77. The summed E-state index contributed by atoms with van der Waals surface area (Å²) in [5.74, 6) is 0. The summed E-state index contributed by atoms with van der Waals surface area (Å²) in [6.07, 6.45) is 6.17. The Labute approximate surface area is 79.4 Å². The van der Waals surface area contributed by atoms with Crippen LogP contribution < -0.4 is 0 Å². The van der Waals surface area contributed by atoms with Crippen molar-refractivity contribution in [2.75, 3.05) is 0 Å². The molecule has 0 aromatic rings. The van der Waals surface area contributed by atoms with Gasteiger partial charge in [-0.15, -0.1) is 0 Å². The maximum absolute atomic E-state index is 6.66. The molecule has 0 radical (unpaired) electrons. The third-order valence-electron chi connectivity index (χ3n) is 0.952. The van der Waals surface area contributed by atoms with Crippen LogP contribution in [0.1, 0.15) is 32.6 Å². The minimum absolute atomic E-state index is 0.472. The predicted octanol–water partition coefficient (Wildman–Crippen LogP) is 3.59. The molecule has 0 rings (SSSR count). The van der Waals surface area contributed by atoms with Gasteiger partial charge in [-0.05, 0) is 19.1 Å². The van der Waals surface area contributed by atoms with E-state index in [2.05, 4.69) is 6.92 Å². The number of rotatable bonds is 4. The van der Waals surface area contributed by atoms with Crippen molar-refractivity contribution < 1.29 is 16.5 Å². The van der Waals surface area contributed by atoms with Gasteiger partial charge in [-0.3, -0.25) is 0 Å². The van der Waals surface area contributed by atoms with Gasteiger partial charge < -0.3 is 5.41 Å². The van der Waals surface area contributed by atoms with Crippen molar-refractivity contribution in [3.05, 3.63) is 0 Å². The Bertz CT molecular complexity index is 61.7. The van der Waals surface area contributed by atoms with Crippen LogP contribution in [-0.4, -0.2) is 6.21 Å². The first kappa shape index (κ1) is 13.5. The molecule has 0 aliphatic heterocycles. The van der Waals surface area contributed by atoms with E-state index in [1.165, 1.54) is 25.5 Å². The van der Waals surface area contributed by atoms with E-state index in [1.807, 2.05) is 0 Å². The molecule has 0 aliphatic rings. The summed E-state index contributed by atoms with van der Waals surface area (Å²) in [6, 6.07) is 0. The van der Waals surface area contributed by atoms with Gasteiger partial charge >= 0.3 is 35.3 Å². The van der Waals surface area contributed by atoms with Gasteiger partial charge in [0.05, 0.1) is 0 Å². The van der Waals surface area contributed by atoms with Gasteiger partial charge in [-0.1, -0.05) is 19.8 Å². The van der Waals surface area contributed by atoms with E-state index >= 15 is 0 Å².